The van der Waals surface area contributed by atoms with E-state index in [1.807, 2.05) is 13.8 Å². The highest BCUT2D eigenvalue weighted by atomic mass is 16.2. The lowest BCUT2D eigenvalue weighted by molar-refractivity contribution is 0.0955. The molecule has 1 amide bonds. The van der Waals surface area contributed by atoms with Crippen molar-refractivity contribution in [3.05, 3.63) is 38.2 Å². The lowest BCUT2D eigenvalue weighted by Crippen LogP contribution is -2.35. The van der Waals surface area contributed by atoms with Crippen molar-refractivity contribution in [2.45, 2.75) is 45.6 Å². The molecule has 0 saturated heterocycles. The number of aromatic amines is 1. The van der Waals surface area contributed by atoms with Gasteiger partial charge in [-0.3, -0.25) is 19.1 Å². The zero-order chi connectivity index (χ0) is 18.7. The third-order valence-corrected chi connectivity index (χ3v) is 4.49. The molecule has 3 rings (SSSR count). The Kier molecular flexibility index (Phi) is 5.51. The van der Waals surface area contributed by atoms with E-state index in [-0.39, 0.29) is 11.3 Å². The minimum Gasteiger partial charge on any atom is -0.351 e. The van der Waals surface area contributed by atoms with Crippen molar-refractivity contribution in [2.75, 3.05) is 19.6 Å². The number of hydrogen-bond acceptors (Lipinski definition) is 5. The van der Waals surface area contributed by atoms with E-state index in [4.69, 9.17) is 0 Å². The lowest BCUT2D eigenvalue weighted by atomic mass is 10.1. The maximum atomic E-state index is 12.7. The number of carbonyl (C=O) groups excluding carboxylic acids is 1. The average Bonchev–Trinajstić information content (AvgIpc) is 3.46. The Bertz CT molecular complexity index is 927. The van der Waals surface area contributed by atoms with Gasteiger partial charge in [-0.15, -0.1) is 0 Å². The normalized spacial score (nSPS) is 13.9. The number of rotatable bonds is 8. The number of amides is 1. The summed E-state index contributed by atoms with van der Waals surface area (Å²) in [6.45, 7) is 6.31. The van der Waals surface area contributed by atoms with Gasteiger partial charge >= 0.3 is 5.69 Å². The summed E-state index contributed by atoms with van der Waals surface area (Å²) in [5.74, 6) is -0.0124. The van der Waals surface area contributed by atoms with Crippen molar-refractivity contribution in [2.24, 2.45) is 0 Å². The molecule has 8 heteroatoms. The summed E-state index contributed by atoms with van der Waals surface area (Å²) < 4.78 is 1.46. The molecular weight excluding hydrogens is 334 g/mol. The molecule has 2 heterocycles. The van der Waals surface area contributed by atoms with Crippen LogP contribution in [0.3, 0.4) is 0 Å². The van der Waals surface area contributed by atoms with E-state index in [0.717, 1.165) is 31.5 Å². The largest absolute Gasteiger partial charge is 0.351 e. The summed E-state index contributed by atoms with van der Waals surface area (Å²) in [6.07, 6.45) is 2.75. The van der Waals surface area contributed by atoms with Gasteiger partial charge in [-0.25, -0.2) is 9.78 Å². The molecule has 0 bridgehead atoms. The summed E-state index contributed by atoms with van der Waals surface area (Å²) in [6, 6.07) is 1.71. The molecule has 2 aromatic heterocycles. The van der Waals surface area contributed by atoms with Crippen molar-refractivity contribution in [3.63, 3.8) is 0 Å². The minimum absolute atomic E-state index is 0.184. The topological polar surface area (TPSA) is 109 Å². The van der Waals surface area contributed by atoms with Crippen LogP contribution >= 0.6 is 0 Å². The smallest absolute Gasteiger partial charge is 0.329 e. The minimum atomic E-state index is -0.566. The summed E-state index contributed by atoms with van der Waals surface area (Å²) in [5.41, 5.74) is 0.331. The molecule has 1 saturated carbocycles. The van der Waals surface area contributed by atoms with Gasteiger partial charge in [0.25, 0.3) is 11.5 Å². The van der Waals surface area contributed by atoms with E-state index in [9.17, 15) is 14.4 Å². The Morgan fingerprint density at radius 3 is 2.73 bits per heavy atom. The molecule has 0 unspecified atom stereocenters. The van der Waals surface area contributed by atoms with Crippen molar-refractivity contribution in [1.29, 1.82) is 0 Å². The number of aromatic nitrogens is 3. The Morgan fingerprint density at radius 1 is 1.31 bits per heavy atom. The molecule has 1 fully saturated rings. The Labute approximate surface area is 151 Å². The summed E-state index contributed by atoms with van der Waals surface area (Å²) in [5, 5.41) is 6.16. The maximum Gasteiger partial charge on any atom is 0.329 e. The van der Waals surface area contributed by atoms with Crippen LogP contribution in [0.15, 0.2) is 15.7 Å². The molecule has 1 aliphatic rings. The van der Waals surface area contributed by atoms with E-state index in [2.05, 4.69) is 20.6 Å². The van der Waals surface area contributed by atoms with Crippen LogP contribution in [0.2, 0.25) is 0 Å². The molecule has 1 aliphatic carbocycles. The number of H-pyrrole nitrogens is 1. The standard InChI is InChI=1S/C18H25N5O3/c1-3-9-23-15-14(17(25)22-18(23)26)12(10-13(21-15)11-5-6-11)16(24)20-8-7-19-4-2/h10-11,19H,3-9H2,1-2H3,(H,20,24)(H,22,25,26). The van der Waals surface area contributed by atoms with Crippen LogP contribution < -0.4 is 21.9 Å². The van der Waals surface area contributed by atoms with Gasteiger partial charge in [0.1, 0.15) is 0 Å². The Balaban J connectivity index is 2.11. The van der Waals surface area contributed by atoms with E-state index >= 15 is 0 Å². The van der Waals surface area contributed by atoms with Crippen LogP contribution in [-0.2, 0) is 6.54 Å². The second-order valence-corrected chi connectivity index (χ2v) is 6.59. The second-order valence-electron chi connectivity index (χ2n) is 6.59. The van der Waals surface area contributed by atoms with Crippen molar-refractivity contribution in [3.8, 4) is 0 Å². The molecule has 0 aliphatic heterocycles. The molecule has 3 N–H and O–H groups in total. The number of nitrogens with one attached hydrogen (secondary N) is 3. The SMILES string of the molecule is CCCn1c(=O)[nH]c(=O)c2c(C(=O)NCCNCC)cc(C3CC3)nc21. The van der Waals surface area contributed by atoms with Gasteiger partial charge in [0, 0.05) is 31.2 Å². The van der Waals surface area contributed by atoms with Crippen LogP contribution in [-0.4, -0.2) is 40.1 Å². The molecule has 0 spiro atoms. The number of pyridine rings is 1. The molecular formula is C18H25N5O3. The van der Waals surface area contributed by atoms with Crippen LogP contribution in [0.5, 0.6) is 0 Å². The first-order valence-corrected chi connectivity index (χ1v) is 9.23. The van der Waals surface area contributed by atoms with Crippen LogP contribution in [0.1, 0.15) is 55.1 Å². The lowest BCUT2D eigenvalue weighted by Gasteiger charge is -2.13. The Morgan fingerprint density at radius 2 is 2.08 bits per heavy atom. The average molecular weight is 359 g/mol. The first-order chi connectivity index (χ1) is 12.6. The van der Waals surface area contributed by atoms with E-state index < -0.39 is 11.2 Å². The number of nitrogens with zero attached hydrogens (tertiary/aromatic N) is 2. The van der Waals surface area contributed by atoms with Crippen LogP contribution in [0.4, 0.5) is 0 Å². The third-order valence-electron chi connectivity index (χ3n) is 4.49. The van der Waals surface area contributed by atoms with Gasteiger partial charge in [0.15, 0.2) is 5.65 Å². The number of fused-ring (bicyclic) bond motifs is 1. The van der Waals surface area contributed by atoms with Crippen LogP contribution in [0, 0.1) is 0 Å². The predicted molar refractivity (Wildman–Crippen MR) is 99.8 cm³/mol. The number of aryl methyl sites for hydroxylation is 1. The van der Waals surface area contributed by atoms with Crippen LogP contribution in [0.25, 0.3) is 11.0 Å². The number of likely N-dealkylation sites (N-methyl/N-ethyl adjacent to an activating group) is 1. The first-order valence-electron chi connectivity index (χ1n) is 9.23. The van der Waals surface area contributed by atoms with Gasteiger partial charge in [-0.05, 0) is 31.9 Å². The summed E-state index contributed by atoms with van der Waals surface area (Å²) in [7, 11) is 0. The zero-order valence-electron chi connectivity index (χ0n) is 15.2. The molecule has 0 atom stereocenters. The monoisotopic (exact) mass is 359 g/mol. The highest BCUT2D eigenvalue weighted by molar-refractivity contribution is 6.05. The predicted octanol–water partition coefficient (Wildman–Crippen LogP) is 0.712. The molecule has 2 aromatic rings. The zero-order valence-corrected chi connectivity index (χ0v) is 15.2. The third kappa shape index (κ3) is 3.70. The molecule has 140 valence electrons. The maximum absolute atomic E-state index is 12.7. The second kappa shape index (κ2) is 7.82. The first kappa shape index (κ1) is 18.3. The van der Waals surface area contributed by atoms with Crippen molar-refractivity contribution in [1.82, 2.24) is 25.2 Å². The van der Waals surface area contributed by atoms with Gasteiger partial charge in [-0.2, -0.15) is 0 Å². The summed E-state index contributed by atoms with van der Waals surface area (Å²) in [4.78, 5) is 44.3. The van der Waals surface area contributed by atoms with Gasteiger partial charge in [-0.1, -0.05) is 13.8 Å². The highest BCUT2D eigenvalue weighted by Crippen LogP contribution is 2.39. The number of hydrogen-bond donors (Lipinski definition) is 3. The van der Waals surface area contributed by atoms with Crippen molar-refractivity contribution < 1.29 is 4.79 Å². The highest BCUT2D eigenvalue weighted by Gasteiger charge is 2.28. The van der Waals surface area contributed by atoms with E-state index in [1.165, 1.54) is 4.57 Å². The fourth-order valence-electron chi connectivity index (χ4n) is 3.03. The Hall–Kier alpha value is -2.48. The molecule has 26 heavy (non-hydrogen) atoms. The van der Waals surface area contributed by atoms with E-state index in [1.54, 1.807) is 6.07 Å². The molecule has 0 radical (unpaired) electrons. The fourth-order valence-corrected chi connectivity index (χ4v) is 3.03. The van der Waals surface area contributed by atoms with Gasteiger partial charge < -0.3 is 10.6 Å². The van der Waals surface area contributed by atoms with E-state index in [0.29, 0.717) is 36.8 Å². The molecule has 0 aromatic carbocycles. The number of carbonyl (C=O) groups is 1. The summed E-state index contributed by atoms with van der Waals surface area (Å²) >= 11 is 0. The van der Waals surface area contributed by atoms with Gasteiger partial charge in [0.05, 0.1) is 10.9 Å². The quantitative estimate of drug-likeness (QED) is 0.602. The van der Waals surface area contributed by atoms with Gasteiger partial charge in [0.2, 0.25) is 0 Å². The molecule has 8 nitrogen and oxygen atoms in total. The fraction of sp³-hybridized carbons (Fsp3) is 0.556. The van der Waals surface area contributed by atoms with Crippen molar-refractivity contribution >= 4 is 16.9 Å².